The van der Waals surface area contributed by atoms with E-state index in [0.717, 1.165) is 0 Å². The summed E-state index contributed by atoms with van der Waals surface area (Å²) < 4.78 is 4.76. The number of carboxylic acid groups (broad SMARTS) is 1. The topological polar surface area (TPSA) is 70.8 Å². The standard InChI is InChI=1S/C9H10ClNO4/c1-11(4-2-7(12)13)9(14)6-3-5-15-8(6)10/h3,5H,2,4H2,1H3,(H,12,13). The molecular formula is C9H10ClNO4. The van der Waals surface area contributed by atoms with Crippen molar-refractivity contribution in [3.05, 3.63) is 23.1 Å². The van der Waals surface area contributed by atoms with Gasteiger partial charge in [0.25, 0.3) is 5.91 Å². The van der Waals surface area contributed by atoms with Crippen molar-refractivity contribution in [1.82, 2.24) is 4.90 Å². The van der Waals surface area contributed by atoms with Crippen LogP contribution in [0.25, 0.3) is 0 Å². The number of amides is 1. The van der Waals surface area contributed by atoms with Gasteiger partial charge in [-0.2, -0.15) is 0 Å². The minimum atomic E-state index is -0.951. The Morgan fingerprint density at radius 3 is 2.73 bits per heavy atom. The van der Waals surface area contributed by atoms with Crippen molar-refractivity contribution in [3.63, 3.8) is 0 Å². The zero-order valence-corrected chi connectivity index (χ0v) is 8.82. The first-order chi connectivity index (χ1) is 7.02. The Kier molecular flexibility index (Phi) is 3.74. The van der Waals surface area contributed by atoms with Crippen molar-refractivity contribution < 1.29 is 19.1 Å². The predicted molar refractivity (Wildman–Crippen MR) is 52.9 cm³/mol. The fourth-order valence-corrected chi connectivity index (χ4v) is 1.21. The molecule has 0 bridgehead atoms. The molecule has 1 amide bonds. The summed E-state index contributed by atoms with van der Waals surface area (Å²) in [5.74, 6) is -1.30. The van der Waals surface area contributed by atoms with Gasteiger partial charge in [-0.1, -0.05) is 0 Å². The molecule has 5 nitrogen and oxygen atoms in total. The molecule has 1 rings (SSSR count). The average molecular weight is 232 g/mol. The first kappa shape index (κ1) is 11.6. The summed E-state index contributed by atoms with van der Waals surface area (Å²) in [6.07, 6.45) is 1.21. The van der Waals surface area contributed by atoms with Crippen LogP contribution in [0.2, 0.25) is 5.22 Å². The number of halogens is 1. The van der Waals surface area contributed by atoms with Crippen molar-refractivity contribution in [2.45, 2.75) is 6.42 Å². The second-order valence-corrected chi connectivity index (χ2v) is 3.32. The highest BCUT2D eigenvalue weighted by molar-refractivity contribution is 6.32. The Morgan fingerprint density at radius 2 is 2.27 bits per heavy atom. The second kappa shape index (κ2) is 4.84. The second-order valence-electron chi connectivity index (χ2n) is 2.98. The van der Waals surface area contributed by atoms with Crippen LogP contribution in [0.1, 0.15) is 16.8 Å². The third kappa shape index (κ3) is 2.99. The Labute approximate surface area is 91.2 Å². The van der Waals surface area contributed by atoms with Crippen molar-refractivity contribution >= 4 is 23.5 Å². The molecule has 0 aliphatic carbocycles. The van der Waals surface area contributed by atoms with Crippen LogP contribution in [0, 0.1) is 0 Å². The molecule has 15 heavy (non-hydrogen) atoms. The zero-order valence-electron chi connectivity index (χ0n) is 8.07. The van der Waals surface area contributed by atoms with Crippen molar-refractivity contribution in [2.24, 2.45) is 0 Å². The van der Waals surface area contributed by atoms with E-state index in [2.05, 4.69) is 0 Å². The van der Waals surface area contributed by atoms with Gasteiger partial charge in [-0.05, 0) is 17.7 Å². The van der Waals surface area contributed by atoms with Crippen molar-refractivity contribution in [3.8, 4) is 0 Å². The molecule has 6 heteroatoms. The first-order valence-electron chi connectivity index (χ1n) is 4.22. The van der Waals surface area contributed by atoms with Gasteiger partial charge in [-0.15, -0.1) is 0 Å². The summed E-state index contributed by atoms with van der Waals surface area (Å²) >= 11 is 5.61. The normalized spacial score (nSPS) is 10.0. The summed E-state index contributed by atoms with van der Waals surface area (Å²) in [5, 5.41) is 8.46. The van der Waals surface area contributed by atoms with E-state index in [1.165, 1.54) is 24.3 Å². The quantitative estimate of drug-likeness (QED) is 0.852. The molecule has 0 radical (unpaired) electrons. The number of hydrogen-bond donors (Lipinski definition) is 1. The largest absolute Gasteiger partial charge is 0.481 e. The lowest BCUT2D eigenvalue weighted by molar-refractivity contribution is -0.137. The summed E-state index contributed by atoms with van der Waals surface area (Å²) in [6, 6.07) is 1.45. The van der Waals surface area contributed by atoms with Gasteiger partial charge in [0.2, 0.25) is 5.22 Å². The Hall–Kier alpha value is -1.49. The molecule has 0 spiro atoms. The van der Waals surface area contributed by atoms with Gasteiger partial charge in [-0.3, -0.25) is 9.59 Å². The molecule has 0 saturated carbocycles. The average Bonchev–Trinajstić information content (AvgIpc) is 2.59. The number of nitrogens with zero attached hydrogens (tertiary/aromatic N) is 1. The number of carbonyl (C=O) groups excluding carboxylic acids is 1. The summed E-state index contributed by atoms with van der Waals surface area (Å²) in [5.41, 5.74) is 0.240. The number of hydrogen-bond acceptors (Lipinski definition) is 3. The minimum absolute atomic E-state index is 0.0159. The Balaban J connectivity index is 2.61. The highest BCUT2D eigenvalue weighted by Crippen LogP contribution is 2.18. The van der Waals surface area contributed by atoms with Gasteiger partial charge in [-0.25, -0.2) is 0 Å². The number of aliphatic carboxylic acids is 1. The summed E-state index contributed by atoms with van der Waals surface area (Å²) in [6.45, 7) is 0.135. The molecule has 1 aromatic rings. The molecule has 0 aliphatic heterocycles. The summed E-state index contributed by atoms with van der Waals surface area (Å²) in [7, 11) is 1.51. The lowest BCUT2D eigenvalue weighted by Gasteiger charge is -2.14. The van der Waals surface area contributed by atoms with Crippen LogP contribution in [0.4, 0.5) is 0 Å². The molecule has 0 fully saturated rings. The smallest absolute Gasteiger partial charge is 0.305 e. The van der Waals surface area contributed by atoms with Crippen LogP contribution >= 0.6 is 11.6 Å². The molecular weight excluding hydrogens is 222 g/mol. The lowest BCUT2D eigenvalue weighted by atomic mass is 10.3. The Bertz CT molecular complexity index is 374. The monoisotopic (exact) mass is 231 g/mol. The maximum absolute atomic E-state index is 11.6. The van der Waals surface area contributed by atoms with Crippen LogP contribution in [-0.2, 0) is 4.79 Å². The van der Waals surface area contributed by atoms with Crippen LogP contribution in [0.15, 0.2) is 16.7 Å². The van der Waals surface area contributed by atoms with Crippen molar-refractivity contribution in [1.29, 1.82) is 0 Å². The molecule has 0 saturated heterocycles. The van der Waals surface area contributed by atoms with E-state index in [0.29, 0.717) is 0 Å². The molecule has 0 aliphatic rings. The van der Waals surface area contributed by atoms with E-state index in [1.807, 2.05) is 0 Å². The molecule has 82 valence electrons. The van der Waals surface area contributed by atoms with E-state index < -0.39 is 5.97 Å². The SMILES string of the molecule is CN(CCC(=O)O)C(=O)c1ccoc1Cl. The van der Waals surface area contributed by atoms with E-state index in [-0.39, 0.29) is 29.7 Å². The molecule has 0 atom stereocenters. The van der Waals surface area contributed by atoms with E-state index in [1.54, 1.807) is 0 Å². The van der Waals surface area contributed by atoms with Crippen LogP contribution in [0.3, 0.4) is 0 Å². The van der Waals surface area contributed by atoms with Crippen LogP contribution < -0.4 is 0 Å². The fraction of sp³-hybridized carbons (Fsp3) is 0.333. The highest BCUT2D eigenvalue weighted by atomic mass is 35.5. The number of furan rings is 1. The van der Waals surface area contributed by atoms with Crippen LogP contribution in [-0.4, -0.2) is 35.5 Å². The van der Waals surface area contributed by atoms with Gasteiger partial charge < -0.3 is 14.4 Å². The van der Waals surface area contributed by atoms with E-state index in [9.17, 15) is 9.59 Å². The zero-order chi connectivity index (χ0) is 11.4. The van der Waals surface area contributed by atoms with Crippen LogP contribution in [0.5, 0.6) is 0 Å². The molecule has 1 heterocycles. The number of carbonyl (C=O) groups is 2. The number of carboxylic acids is 1. The Morgan fingerprint density at radius 1 is 1.60 bits per heavy atom. The summed E-state index contributed by atoms with van der Waals surface area (Å²) in [4.78, 5) is 23.2. The first-order valence-corrected chi connectivity index (χ1v) is 4.60. The highest BCUT2D eigenvalue weighted by Gasteiger charge is 2.17. The maximum Gasteiger partial charge on any atom is 0.305 e. The number of rotatable bonds is 4. The van der Waals surface area contributed by atoms with Gasteiger partial charge in [0, 0.05) is 13.6 Å². The third-order valence-corrected chi connectivity index (χ3v) is 2.15. The van der Waals surface area contributed by atoms with Gasteiger partial charge in [0.05, 0.1) is 18.2 Å². The molecule has 0 unspecified atom stereocenters. The molecule has 1 N–H and O–H groups in total. The van der Waals surface area contributed by atoms with Crippen molar-refractivity contribution in [2.75, 3.05) is 13.6 Å². The van der Waals surface area contributed by atoms with E-state index >= 15 is 0 Å². The lowest BCUT2D eigenvalue weighted by Crippen LogP contribution is -2.28. The minimum Gasteiger partial charge on any atom is -0.481 e. The molecule has 1 aromatic heterocycles. The van der Waals surface area contributed by atoms with Gasteiger partial charge >= 0.3 is 5.97 Å². The maximum atomic E-state index is 11.6. The van der Waals surface area contributed by atoms with Gasteiger partial charge in [0.1, 0.15) is 0 Å². The van der Waals surface area contributed by atoms with Gasteiger partial charge in [0.15, 0.2) is 0 Å². The van der Waals surface area contributed by atoms with E-state index in [4.69, 9.17) is 21.1 Å². The predicted octanol–water partition coefficient (Wildman–Crippen LogP) is 1.48. The fourth-order valence-electron chi connectivity index (χ4n) is 1.02. The molecule has 0 aromatic carbocycles. The third-order valence-electron chi connectivity index (χ3n) is 1.86.